The molecule has 2 aromatic carbocycles. The maximum Gasteiger partial charge on any atom is 0.307 e. The highest BCUT2D eigenvalue weighted by molar-refractivity contribution is 14.1. The first-order valence-electron chi connectivity index (χ1n) is 7.37. The van der Waals surface area contributed by atoms with Crippen molar-refractivity contribution in [1.82, 2.24) is 0 Å². The number of rotatable bonds is 8. The van der Waals surface area contributed by atoms with Crippen molar-refractivity contribution in [2.75, 3.05) is 11.9 Å². The van der Waals surface area contributed by atoms with Gasteiger partial charge in [0.25, 0.3) is 0 Å². The molecule has 0 aliphatic heterocycles. The minimum absolute atomic E-state index is 0.00250. The fraction of sp³-hybridized carbons (Fsp3) is 0.235. The van der Waals surface area contributed by atoms with Crippen LogP contribution in [0, 0.1) is 14.3 Å². The molecule has 140 valence electrons. The lowest BCUT2D eigenvalue weighted by Gasteiger charge is -2.15. The van der Waals surface area contributed by atoms with E-state index in [0.29, 0.717) is 6.61 Å². The van der Waals surface area contributed by atoms with E-state index in [1.54, 1.807) is 0 Å². The van der Waals surface area contributed by atoms with Crippen molar-refractivity contribution < 1.29 is 19.4 Å². The highest BCUT2D eigenvalue weighted by Gasteiger charge is 2.15. The summed E-state index contributed by atoms with van der Waals surface area (Å²) in [7, 11) is 0. The molecule has 0 amide bonds. The van der Waals surface area contributed by atoms with Crippen molar-refractivity contribution >= 4 is 112 Å². The van der Waals surface area contributed by atoms with Crippen LogP contribution < -0.4 is 9.47 Å². The van der Waals surface area contributed by atoms with Crippen LogP contribution in [0.5, 0.6) is 17.2 Å². The summed E-state index contributed by atoms with van der Waals surface area (Å²) >= 11 is 12.3. The summed E-state index contributed by atoms with van der Waals surface area (Å²) in [5.74, 6) is 1.50. The first-order valence-corrected chi connectivity index (χ1v) is 12.8. The number of benzene rings is 2. The molecule has 4 nitrogen and oxygen atoms in total. The first-order chi connectivity index (χ1) is 12.3. The molecule has 9 heteroatoms. The van der Waals surface area contributed by atoms with Gasteiger partial charge in [-0.1, -0.05) is 15.9 Å². The van der Waals surface area contributed by atoms with E-state index in [1.165, 1.54) is 0 Å². The number of alkyl halides is 1. The summed E-state index contributed by atoms with van der Waals surface area (Å²) < 4.78 is 15.7. The Bertz CT molecular complexity index is 767. The van der Waals surface area contributed by atoms with Crippen molar-refractivity contribution in [2.45, 2.75) is 12.8 Å². The SMILES string of the molecule is O=C(O)Cc1cc(I)c(Oc2cc(I)c(OCCCBr)c(I)c2)c(I)c1. The molecule has 26 heavy (non-hydrogen) atoms. The second-order valence-corrected chi connectivity index (χ2v) is 10.6. The number of halogens is 5. The van der Waals surface area contributed by atoms with Crippen LogP contribution in [-0.4, -0.2) is 23.0 Å². The predicted octanol–water partition coefficient (Wildman–Crippen LogP) is 6.69. The standard InChI is InChI=1S/C17H13BrI4O4/c18-2-1-3-25-16-13(21)7-10(8-14(16)22)26-17-11(19)4-9(5-12(17)20)6-15(23)24/h4-5,7-8H,1-3,6H2,(H,23,24). The Hall–Kier alpha value is 0.910. The molecule has 0 unspecified atom stereocenters. The van der Waals surface area contributed by atoms with E-state index in [4.69, 9.17) is 14.6 Å². The molecule has 0 bridgehead atoms. The van der Waals surface area contributed by atoms with Crippen LogP contribution in [0.2, 0.25) is 0 Å². The average molecular weight is 869 g/mol. The van der Waals surface area contributed by atoms with Crippen LogP contribution in [0.4, 0.5) is 0 Å². The second kappa shape index (κ2) is 11.2. The molecule has 0 spiro atoms. The molecular weight excluding hydrogens is 856 g/mol. The van der Waals surface area contributed by atoms with Gasteiger partial charge in [-0.2, -0.15) is 0 Å². The van der Waals surface area contributed by atoms with Gasteiger partial charge in [-0.25, -0.2) is 0 Å². The van der Waals surface area contributed by atoms with Crippen molar-refractivity contribution in [2.24, 2.45) is 0 Å². The topological polar surface area (TPSA) is 55.8 Å². The van der Waals surface area contributed by atoms with Gasteiger partial charge in [-0.05, 0) is 127 Å². The Morgan fingerprint density at radius 2 is 1.50 bits per heavy atom. The van der Waals surface area contributed by atoms with Crippen molar-refractivity contribution in [3.63, 3.8) is 0 Å². The molecule has 0 saturated heterocycles. The molecule has 0 saturated carbocycles. The lowest BCUT2D eigenvalue weighted by Crippen LogP contribution is -2.03. The molecule has 0 aliphatic rings. The Balaban J connectivity index is 2.24. The third-order valence-electron chi connectivity index (χ3n) is 3.13. The molecule has 2 rings (SSSR count). The van der Waals surface area contributed by atoms with E-state index in [0.717, 1.165) is 48.8 Å². The fourth-order valence-electron chi connectivity index (χ4n) is 2.07. The quantitative estimate of drug-likeness (QED) is 0.183. The van der Waals surface area contributed by atoms with Gasteiger partial charge in [0.2, 0.25) is 0 Å². The number of hydrogen-bond donors (Lipinski definition) is 1. The number of carboxylic acid groups (broad SMARTS) is 1. The van der Waals surface area contributed by atoms with Crippen LogP contribution in [0.15, 0.2) is 24.3 Å². The van der Waals surface area contributed by atoms with Crippen LogP contribution >= 0.6 is 106 Å². The lowest BCUT2D eigenvalue weighted by atomic mass is 10.1. The molecule has 0 fully saturated rings. The largest absolute Gasteiger partial charge is 0.491 e. The zero-order valence-electron chi connectivity index (χ0n) is 13.2. The predicted molar refractivity (Wildman–Crippen MR) is 139 cm³/mol. The zero-order chi connectivity index (χ0) is 19.3. The molecule has 0 radical (unpaired) electrons. The summed E-state index contributed by atoms with van der Waals surface area (Å²) in [6.07, 6.45) is 0.950. The number of hydrogen-bond acceptors (Lipinski definition) is 3. The number of carboxylic acids is 1. The first kappa shape index (κ1) is 23.2. The Morgan fingerprint density at radius 1 is 0.962 bits per heavy atom. The third kappa shape index (κ3) is 6.76. The maximum atomic E-state index is 10.9. The van der Waals surface area contributed by atoms with Gasteiger partial charge < -0.3 is 14.6 Å². The van der Waals surface area contributed by atoms with Crippen LogP contribution in [-0.2, 0) is 11.2 Å². The molecule has 0 aromatic heterocycles. The van der Waals surface area contributed by atoms with E-state index in [1.807, 2.05) is 24.3 Å². The van der Waals surface area contributed by atoms with Gasteiger partial charge in [-0.15, -0.1) is 0 Å². The van der Waals surface area contributed by atoms with E-state index < -0.39 is 5.97 Å². The minimum Gasteiger partial charge on any atom is -0.491 e. The normalized spacial score (nSPS) is 10.7. The highest BCUT2D eigenvalue weighted by Crippen LogP contribution is 2.37. The van der Waals surface area contributed by atoms with E-state index in [2.05, 4.69) is 106 Å². The van der Waals surface area contributed by atoms with Crippen LogP contribution in [0.1, 0.15) is 12.0 Å². The Morgan fingerprint density at radius 3 is 2.00 bits per heavy atom. The summed E-state index contributed by atoms with van der Waals surface area (Å²) in [5.41, 5.74) is 0.762. The number of aliphatic carboxylic acids is 1. The van der Waals surface area contributed by atoms with Crippen molar-refractivity contribution in [3.8, 4) is 17.2 Å². The molecule has 2 aromatic rings. The molecule has 1 N–H and O–H groups in total. The summed E-state index contributed by atoms with van der Waals surface area (Å²) in [5, 5.41) is 9.88. The van der Waals surface area contributed by atoms with E-state index in [9.17, 15) is 4.79 Å². The van der Waals surface area contributed by atoms with Gasteiger partial charge in [0.15, 0.2) is 5.75 Å². The highest BCUT2D eigenvalue weighted by atomic mass is 127. The minimum atomic E-state index is -0.843. The third-order valence-corrected chi connectivity index (χ3v) is 6.90. The summed E-state index contributed by atoms with van der Waals surface area (Å²) in [6, 6.07) is 7.59. The molecule has 0 aliphatic carbocycles. The van der Waals surface area contributed by atoms with Crippen molar-refractivity contribution in [3.05, 3.63) is 44.1 Å². The number of ether oxygens (including phenoxy) is 2. The summed E-state index contributed by atoms with van der Waals surface area (Å²) in [4.78, 5) is 10.9. The average Bonchev–Trinajstić information content (AvgIpc) is 2.53. The van der Waals surface area contributed by atoms with Crippen LogP contribution in [0.3, 0.4) is 0 Å². The molecular formula is C17H13BrI4O4. The second-order valence-electron chi connectivity index (χ2n) is 5.17. The van der Waals surface area contributed by atoms with Gasteiger partial charge >= 0.3 is 5.97 Å². The maximum absolute atomic E-state index is 10.9. The Kier molecular flexibility index (Phi) is 9.98. The summed E-state index contributed by atoms with van der Waals surface area (Å²) in [6.45, 7) is 0.665. The van der Waals surface area contributed by atoms with Gasteiger partial charge in [0.1, 0.15) is 11.5 Å². The zero-order valence-corrected chi connectivity index (χ0v) is 23.4. The van der Waals surface area contributed by atoms with Crippen LogP contribution in [0.25, 0.3) is 0 Å². The van der Waals surface area contributed by atoms with Gasteiger partial charge in [0.05, 0.1) is 27.3 Å². The lowest BCUT2D eigenvalue weighted by molar-refractivity contribution is -0.136. The Labute approximate surface area is 214 Å². The van der Waals surface area contributed by atoms with E-state index in [-0.39, 0.29) is 6.42 Å². The molecule has 0 atom stereocenters. The van der Waals surface area contributed by atoms with Gasteiger partial charge in [0, 0.05) is 5.33 Å². The monoisotopic (exact) mass is 868 g/mol. The molecule has 0 heterocycles. The number of carbonyl (C=O) groups is 1. The fourth-order valence-corrected chi connectivity index (χ4v) is 6.44. The smallest absolute Gasteiger partial charge is 0.307 e. The van der Waals surface area contributed by atoms with E-state index >= 15 is 0 Å². The van der Waals surface area contributed by atoms with Crippen molar-refractivity contribution in [1.29, 1.82) is 0 Å². The van der Waals surface area contributed by atoms with Gasteiger partial charge in [-0.3, -0.25) is 4.79 Å².